The van der Waals surface area contributed by atoms with Gasteiger partial charge in [0.2, 0.25) is 5.88 Å². The van der Waals surface area contributed by atoms with E-state index in [9.17, 15) is 26.4 Å². The predicted molar refractivity (Wildman–Crippen MR) is 92.8 cm³/mol. The van der Waals surface area contributed by atoms with Crippen LogP contribution in [-0.4, -0.2) is 48.0 Å². The van der Waals surface area contributed by atoms with E-state index in [1.54, 1.807) is 6.92 Å². The highest BCUT2D eigenvalue weighted by atomic mass is 32.2. The van der Waals surface area contributed by atoms with Crippen LogP contribution in [-0.2, 0) is 27.7 Å². The molecule has 0 unspecified atom stereocenters. The van der Waals surface area contributed by atoms with E-state index < -0.39 is 27.4 Å². The van der Waals surface area contributed by atoms with Crippen molar-refractivity contribution in [3.63, 3.8) is 0 Å². The highest BCUT2D eigenvalue weighted by molar-refractivity contribution is 7.87. The summed E-state index contributed by atoms with van der Waals surface area (Å²) in [6, 6.07) is 0.852. The zero-order valence-corrected chi connectivity index (χ0v) is 15.8. The van der Waals surface area contributed by atoms with Crippen LogP contribution in [0.25, 0.3) is 0 Å². The molecule has 3 rings (SSSR count). The average molecular weight is 432 g/mol. The monoisotopic (exact) mass is 432 g/mol. The Labute approximate surface area is 163 Å². The number of pyridine rings is 1. The van der Waals surface area contributed by atoms with Crippen molar-refractivity contribution in [2.75, 3.05) is 18.5 Å². The molecule has 0 fully saturated rings. The Bertz CT molecular complexity index is 1030. The number of amides is 1. The van der Waals surface area contributed by atoms with Gasteiger partial charge >= 0.3 is 15.6 Å². The van der Waals surface area contributed by atoms with Gasteiger partial charge in [-0.15, -0.1) is 0 Å². The second kappa shape index (κ2) is 7.91. The molecule has 0 aromatic carbocycles. The zero-order valence-electron chi connectivity index (χ0n) is 15.0. The van der Waals surface area contributed by atoms with Crippen molar-refractivity contribution in [1.82, 2.24) is 15.0 Å². The predicted octanol–water partition coefficient (Wildman–Crippen LogP) is 1.78. The minimum Gasteiger partial charge on any atom is -0.381 e. The van der Waals surface area contributed by atoms with Gasteiger partial charge in [0, 0.05) is 12.5 Å². The molecule has 1 aliphatic heterocycles. The van der Waals surface area contributed by atoms with Crippen LogP contribution in [0.5, 0.6) is 5.88 Å². The minimum atomic E-state index is -5.94. The van der Waals surface area contributed by atoms with Crippen LogP contribution < -0.4 is 9.50 Å². The summed E-state index contributed by atoms with van der Waals surface area (Å²) in [5.74, 6) is -1.47. The molecule has 0 spiro atoms. The van der Waals surface area contributed by atoms with Gasteiger partial charge in [0.05, 0.1) is 42.6 Å². The van der Waals surface area contributed by atoms with Crippen LogP contribution in [0.3, 0.4) is 0 Å². The Hall–Kier alpha value is -2.80. The van der Waals surface area contributed by atoms with Gasteiger partial charge < -0.3 is 14.2 Å². The molecule has 0 radical (unpaired) electrons. The second-order valence-electron chi connectivity index (χ2n) is 6.03. The highest BCUT2D eigenvalue weighted by Crippen LogP contribution is 2.29. The number of nitrogens with one attached hydrogen (secondary N) is 1. The highest BCUT2D eigenvalue weighted by Gasteiger charge is 2.49. The van der Waals surface area contributed by atoms with E-state index in [1.807, 2.05) is 0 Å². The van der Waals surface area contributed by atoms with Crippen molar-refractivity contribution in [3.8, 4) is 5.88 Å². The zero-order chi connectivity index (χ0) is 21.2. The van der Waals surface area contributed by atoms with Crippen LogP contribution >= 0.6 is 0 Å². The summed E-state index contributed by atoms with van der Waals surface area (Å²) in [6.45, 7) is 2.17. The quantitative estimate of drug-likeness (QED) is 0.573. The summed E-state index contributed by atoms with van der Waals surface area (Å²) >= 11 is 0. The Balaban J connectivity index is 2.00. The fourth-order valence-corrected chi connectivity index (χ4v) is 2.98. The molecule has 2 aromatic rings. The first-order valence-corrected chi connectivity index (χ1v) is 9.69. The van der Waals surface area contributed by atoms with Crippen molar-refractivity contribution >= 4 is 21.8 Å². The third kappa shape index (κ3) is 4.79. The van der Waals surface area contributed by atoms with E-state index >= 15 is 0 Å². The maximum absolute atomic E-state index is 12.7. The molecule has 3 heterocycles. The topological polar surface area (TPSA) is 120 Å². The summed E-state index contributed by atoms with van der Waals surface area (Å²) in [4.78, 5) is 24.5. The lowest BCUT2D eigenvalue weighted by Gasteiger charge is -2.15. The number of anilines is 1. The van der Waals surface area contributed by atoms with Gasteiger partial charge in [-0.3, -0.25) is 9.78 Å². The van der Waals surface area contributed by atoms with Gasteiger partial charge in [-0.1, -0.05) is 0 Å². The van der Waals surface area contributed by atoms with Crippen molar-refractivity contribution in [1.29, 1.82) is 0 Å². The molecule has 1 amide bonds. The first-order chi connectivity index (χ1) is 13.6. The number of hydrogen-bond donors (Lipinski definition) is 1. The van der Waals surface area contributed by atoms with Gasteiger partial charge in [0.15, 0.2) is 5.82 Å². The number of halogens is 3. The Morgan fingerprint density at radius 2 is 1.93 bits per heavy atom. The SMILES string of the molecule is Cc1cnc(NC(=O)c2cc(OS(=O)(=O)C(F)(F)F)nc3c2CCOCC3)cn1. The fourth-order valence-electron chi connectivity index (χ4n) is 2.58. The Kier molecular flexibility index (Phi) is 5.71. The first-order valence-electron chi connectivity index (χ1n) is 8.28. The van der Waals surface area contributed by atoms with Gasteiger partial charge in [0.1, 0.15) is 0 Å². The minimum absolute atomic E-state index is 0.0877. The van der Waals surface area contributed by atoms with Crippen LogP contribution in [0.2, 0.25) is 0 Å². The smallest absolute Gasteiger partial charge is 0.381 e. The molecular formula is C16H15F3N4O5S. The summed E-state index contributed by atoms with van der Waals surface area (Å²) in [6.07, 6.45) is 3.16. The molecule has 0 aliphatic carbocycles. The molecule has 0 bridgehead atoms. The number of ether oxygens (including phenoxy) is 1. The molecule has 0 atom stereocenters. The number of aromatic nitrogens is 3. The molecule has 29 heavy (non-hydrogen) atoms. The number of hydrogen-bond acceptors (Lipinski definition) is 8. The van der Waals surface area contributed by atoms with E-state index in [0.717, 1.165) is 6.07 Å². The molecule has 13 heteroatoms. The summed E-state index contributed by atoms with van der Waals surface area (Å²) < 4.78 is 70.0. The third-order valence-corrected chi connectivity index (χ3v) is 4.87. The van der Waals surface area contributed by atoms with Crippen LogP contribution in [0.1, 0.15) is 27.3 Å². The summed E-state index contributed by atoms with van der Waals surface area (Å²) in [5.41, 5.74) is -4.46. The van der Waals surface area contributed by atoms with Gasteiger partial charge in [-0.25, -0.2) is 9.97 Å². The molecule has 9 nitrogen and oxygen atoms in total. The normalized spacial score (nSPS) is 14.6. The van der Waals surface area contributed by atoms with E-state index in [2.05, 4.69) is 24.5 Å². The van der Waals surface area contributed by atoms with Crippen molar-refractivity contribution in [2.45, 2.75) is 25.3 Å². The maximum atomic E-state index is 12.7. The third-order valence-electron chi connectivity index (χ3n) is 3.91. The van der Waals surface area contributed by atoms with Gasteiger partial charge in [0.25, 0.3) is 5.91 Å². The molecule has 0 saturated carbocycles. The van der Waals surface area contributed by atoms with Gasteiger partial charge in [-0.05, 0) is 18.9 Å². The van der Waals surface area contributed by atoms with E-state index in [4.69, 9.17) is 4.74 Å². The molecule has 2 aromatic heterocycles. The number of carbonyl (C=O) groups is 1. The van der Waals surface area contributed by atoms with E-state index in [1.165, 1.54) is 12.4 Å². The first kappa shape index (κ1) is 20.9. The number of rotatable bonds is 4. The molecule has 1 aliphatic rings. The lowest BCUT2D eigenvalue weighted by Crippen LogP contribution is -2.29. The number of alkyl halides is 3. The van der Waals surface area contributed by atoms with E-state index in [0.29, 0.717) is 11.3 Å². The molecule has 1 N–H and O–H groups in total. The largest absolute Gasteiger partial charge is 0.534 e. The van der Waals surface area contributed by atoms with Crippen molar-refractivity contribution < 1.29 is 35.3 Å². The lowest BCUT2D eigenvalue weighted by molar-refractivity contribution is -0.0501. The van der Waals surface area contributed by atoms with Crippen LogP contribution in [0, 0.1) is 6.92 Å². The average Bonchev–Trinajstić information content (AvgIpc) is 2.87. The molecular weight excluding hydrogens is 417 g/mol. The van der Waals surface area contributed by atoms with Gasteiger partial charge in [-0.2, -0.15) is 21.6 Å². The Morgan fingerprint density at radius 1 is 1.21 bits per heavy atom. The lowest BCUT2D eigenvalue weighted by atomic mass is 10.0. The second-order valence-corrected chi connectivity index (χ2v) is 7.56. The summed E-state index contributed by atoms with van der Waals surface area (Å²) in [5, 5.41) is 2.47. The standard InChI is InChI=1S/C16H15F3N4O5S/c1-9-7-21-13(8-20-9)23-15(24)11-6-14(28-29(25,26)16(17,18)19)22-12-3-5-27-4-2-10(11)12/h6-8H,2-5H2,1H3,(H,21,23,24). The number of nitrogens with zero attached hydrogens (tertiary/aromatic N) is 3. The molecule has 156 valence electrons. The number of fused-ring (bicyclic) bond motifs is 1. The fraction of sp³-hybridized carbons (Fsp3) is 0.375. The summed E-state index contributed by atoms with van der Waals surface area (Å²) in [7, 11) is -5.94. The maximum Gasteiger partial charge on any atom is 0.534 e. The van der Waals surface area contributed by atoms with Crippen LogP contribution in [0.4, 0.5) is 19.0 Å². The molecule has 0 saturated heterocycles. The van der Waals surface area contributed by atoms with Crippen LogP contribution in [0.15, 0.2) is 18.5 Å². The van der Waals surface area contributed by atoms with E-state index in [-0.39, 0.29) is 43.1 Å². The van der Waals surface area contributed by atoms with Crippen molar-refractivity contribution in [2.24, 2.45) is 0 Å². The van der Waals surface area contributed by atoms with Crippen molar-refractivity contribution in [3.05, 3.63) is 41.0 Å². The number of carbonyl (C=O) groups excluding carboxylic acids is 1. The Morgan fingerprint density at radius 3 is 2.59 bits per heavy atom. The number of aryl methyl sites for hydroxylation is 1.